The second-order valence-electron chi connectivity index (χ2n) is 6.65. The lowest BCUT2D eigenvalue weighted by Gasteiger charge is -2.09. The van der Waals surface area contributed by atoms with Crippen LogP contribution in [0.3, 0.4) is 0 Å². The monoisotopic (exact) mass is 395 g/mol. The van der Waals surface area contributed by atoms with Gasteiger partial charge in [-0.3, -0.25) is 4.79 Å². The Labute approximate surface area is 175 Å². The van der Waals surface area contributed by atoms with Crippen LogP contribution in [0, 0.1) is 0 Å². The number of carbonyl (C=O) groups excluding carboxylic acids is 1. The number of nitrogens with zero attached hydrogens (tertiary/aromatic N) is 2. The van der Waals surface area contributed by atoms with E-state index in [9.17, 15) is 4.79 Å². The molecule has 0 fully saturated rings. The molecule has 4 aromatic rings. The van der Waals surface area contributed by atoms with Crippen molar-refractivity contribution in [3.63, 3.8) is 0 Å². The zero-order valence-electron chi connectivity index (χ0n) is 16.3. The van der Waals surface area contributed by atoms with Gasteiger partial charge in [-0.25, -0.2) is 5.43 Å². The van der Waals surface area contributed by atoms with Crippen molar-refractivity contribution in [2.75, 3.05) is 0 Å². The standard InChI is InChI=1S/C25H21N3O2/c29-25(23-13-4-5-14-24(23)28-15-6-7-16-28)27-26-18-21-11-8-12-22(17-21)30-19-20-9-2-1-3-10-20/h1-18H,19H2,(H,27,29)/b26-18+. The van der Waals surface area contributed by atoms with E-state index in [1.807, 2.05) is 102 Å². The van der Waals surface area contributed by atoms with Gasteiger partial charge in [0.15, 0.2) is 0 Å². The van der Waals surface area contributed by atoms with Crippen molar-refractivity contribution < 1.29 is 9.53 Å². The van der Waals surface area contributed by atoms with Crippen molar-refractivity contribution in [1.82, 2.24) is 9.99 Å². The van der Waals surface area contributed by atoms with Gasteiger partial charge in [0.2, 0.25) is 0 Å². The van der Waals surface area contributed by atoms with Gasteiger partial charge in [-0.2, -0.15) is 5.10 Å². The molecule has 148 valence electrons. The summed E-state index contributed by atoms with van der Waals surface area (Å²) in [6.45, 7) is 0.494. The summed E-state index contributed by atoms with van der Waals surface area (Å²) in [5.41, 5.74) is 5.88. The molecule has 0 saturated carbocycles. The van der Waals surface area contributed by atoms with Gasteiger partial charge in [0.05, 0.1) is 17.5 Å². The van der Waals surface area contributed by atoms with Crippen LogP contribution in [0.25, 0.3) is 5.69 Å². The number of rotatable bonds is 7. The average molecular weight is 395 g/mol. The predicted octanol–water partition coefficient (Wildman–Crippen LogP) is 4.82. The van der Waals surface area contributed by atoms with E-state index in [0.717, 1.165) is 22.6 Å². The van der Waals surface area contributed by atoms with Crippen LogP contribution in [0.5, 0.6) is 5.75 Å². The van der Waals surface area contributed by atoms with Crippen molar-refractivity contribution in [2.24, 2.45) is 5.10 Å². The minimum Gasteiger partial charge on any atom is -0.489 e. The summed E-state index contributed by atoms with van der Waals surface area (Å²) >= 11 is 0. The van der Waals surface area contributed by atoms with Gasteiger partial charge in [0, 0.05) is 12.4 Å². The number of nitrogens with one attached hydrogen (secondary N) is 1. The summed E-state index contributed by atoms with van der Waals surface area (Å²) in [6.07, 6.45) is 5.40. The SMILES string of the molecule is O=C(N/N=C/c1cccc(OCc2ccccc2)c1)c1ccccc1-n1cccc1. The minimum atomic E-state index is -0.271. The molecule has 0 saturated heterocycles. The quantitative estimate of drug-likeness (QED) is 0.360. The number of carbonyl (C=O) groups is 1. The molecule has 0 atom stereocenters. The smallest absolute Gasteiger partial charge is 0.273 e. The maximum Gasteiger partial charge on any atom is 0.273 e. The second kappa shape index (κ2) is 9.39. The van der Waals surface area contributed by atoms with Gasteiger partial charge in [-0.15, -0.1) is 0 Å². The van der Waals surface area contributed by atoms with Crippen LogP contribution in [-0.4, -0.2) is 16.7 Å². The molecule has 0 unspecified atom stereocenters. The van der Waals surface area contributed by atoms with E-state index in [1.165, 1.54) is 0 Å². The van der Waals surface area contributed by atoms with E-state index in [2.05, 4.69) is 10.5 Å². The van der Waals surface area contributed by atoms with Crippen LogP contribution < -0.4 is 10.2 Å². The van der Waals surface area contributed by atoms with Gasteiger partial charge in [-0.1, -0.05) is 54.6 Å². The first-order chi connectivity index (χ1) is 14.8. The maximum atomic E-state index is 12.6. The fourth-order valence-electron chi connectivity index (χ4n) is 3.04. The van der Waals surface area contributed by atoms with Crippen molar-refractivity contribution in [2.45, 2.75) is 6.61 Å². The highest BCUT2D eigenvalue weighted by Crippen LogP contribution is 2.16. The molecule has 1 heterocycles. The van der Waals surface area contributed by atoms with Crippen LogP contribution in [0.4, 0.5) is 0 Å². The van der Waals surface area contributed by atoms with Crippen LogP contribution in [0.1, 0.15) is 21.5 Å². The van der Waals surface area contributed by atoms with Crippen LogP contribution in [0.15, 0.2) is 108 Å². The Kier molecular flexibility index (Phi) is 6.01. The Morgan fingerprint density at radius 1 is 0.900 bits per heavy atom. The molecule has 30 heavy (non-hydrogen) atoms. The molecule has 3 aromatic carbocycles. The van der Waals surface area contributed by atoms with E-state index in [0.29, 0.717) is 12.2 Å². The maximum absolute atomic E-state index is 12.6. The average Bonchev–Trinajstić information content (AvgIpc) is 3.33. The van der Waals surface area contributed by atoms with E-state index in [4.69, 9.17) is 4.74 Å². The Bertz CT molecular complexity index is 1140. The number of para-hydroxylation sites is 1. The third-order valence-electron chi connectivity index (χ3n) is 4.52. The van der Waals surface area contributed by atoms with Crippen molar-refractivity contribution in [1.29, 1.82) is 0 Å². The molecule has 0 aliphatic heterocycles. The third-order valence-corrected chi connectivity index (χ3v) is 4.52. The highest BCUT2D eigenvalue weighted by atomic mass is 16.5. The van der Waals surface area contributed by atoms with E-state index < -0.39 is 0 Å². The van der Waals surface area contributed by atoms with Crippen molar-refractivity contribution in [3.8, 4) is 11.4 Å². The van der Waals surface area contributed by atoms with Crippen molar-refractivity contribution in [3.05, 3.63) is 120 Å². The van der Waals surface area contributed by atoms with Gasteiger partial charge < -0.3 is 9.30 Å². The zero-order valence-corrected chi connectivity index (χ0v) is 16.3. The molecule has 5 nitrogen and oxygen atoms in total. The molecule has 4 rings (SSSR count). The summed E-state index contributed by atoms with van der Waals surface area (Å²) in [5.74, 6) is 0.471. The number of ether oxygens (including phenoxy) is 1. The van der Waals surface area contributed by atoms with Crippen LogP contribution >= 0.6 is 0 Å². The number of amides is 1. The number of hydrogen-bond acceptors (Lipinski definition) is 3. The minimum absolute atomic E-state index is 0.271. The van der Waals surface area contributed by atoms with E-state index in [-0.39, 0.29) is 5.91 Å². The number of hydrogen-bond donors (Lipinski definition) is 1. The molecule has 0 aliphatic carbocycles. The van der Waals surface area contributed by atoms with Crippen LogP contribution in [-0.2, 0) is 6.61 Å². The molecule has 0 spiro atoms. The lowest BCUT2D eigenvalue weighted by molar-refractivity contribution is 0.0955. The van der Waals surface area contributed by atoms with Gasteiger partial charge in [0.1, 0.15) is 12.4 Å². The van der Waals surface area contributed by atoms with Crippen molar-refractivity contribution >= 4 is 12.1 Å². The molecule has 0 bridgehead atoms. The summed E-state index contributed by atoms with van der Waals surface area (Å²) < 4.78 is 7.73. The Hall–Kier alpha value is -4.12. The van der Waals surface area contributed by atoms with Gasteiger partial charge >= 0.3 is 0 Å². The molecule has 0 radical (unpaired) electrons. The summed E-state index contributed by atoms with van der Waals surface area (Å²) in [5, 5.41) is 4.11. The number of aromatic nitrogens is 1. The Morgan fingerprint density at radius 3 is 2.50 bits per heavy atom. The fraction of sp³-hybridized carbons (Fsp3) is 0.0400. The summed E-state index contributed by atoms with van der Waals surface area (Å²) in [4.78, 5) is 12.6. The molecule has 1 N–H and O–H groups in total. The Morgan fingerprint density at radius 2 is 1.67 bits per heavy atom. The fourth-order valence-corrected chi connectivity index (χ4v) is 3.04. The molecular formula is C25H21N3O2. The molecule has 1 amide bonds. The highest BCUT2D eigenvalue weighted by molar-refractivity contribution is 5.98. The lowest BCUT2D eigenvalue weighted by Crippen LogP contribution is -2.19. The second-order valence-corrected chi connectivity index (χ2v) is 6.65. The third kappa shape index (κ3) is 4.83. The predicted molar refractivity (Wildman–Crippen MR) is 118 cm³/mol. The molecular weight excluding hydrogens is 374 g/mol. The normalized spacial score (nSPS) is 10.8. The molecule has 0 aliphatic rings. The first-order valence-electron chi connectivity index (χ1n) is 9.62. The number of benzene rings is 3. The van der Waals surface area contributed by atoms with Crippen LogP contribution in [0.2, 0.25) is 0 Å². The zero-order chi connectivity index (χ0) is 20.6. The number of hydrazone groups is 1. The molecule has 1 aromatic heterocycles. The van der Waals surface area contributed by atoms with E-state index in [1.54, 1.807) is 12.3 Å². The van der Waals surface area contributed by atoms with E-state index >= 15 is 0 Å². The van der Waals surface area contributed by atoms with Gasteiger partial charge in [0.25, 0.3) is 5.91 Å². The first-order valence-corrected chi connectivity index (χ1v) is 9.62. The summed E-state index contributed by atoms with van der Waals surface area (Å²) in [6, 6.07) is 28.8. The lowest BCUT2D eigenvalue weighted by atomic mass is 10.1. The largest absolute Gasteiger partial charge is 0.489 e. The first kappa shape index (κ1) is 19.2. The summed E-state index contributed by atoms with van der Waals surface area (Å²) in [7, 11) is 0. The van der Waals surface area contributed by atoms with Gasteiger partial charge in [-0.05, 0) is 47.5 Å². The topological polar surface area (TPSA) is 55.6 Å². The highest BCUT2D eigenvalue weighted by Gasteiger charge is 2.10. The molecule has 5 heteroatoms. The Balaban J connectivity index is 1.40.